The first kappa shape index (κ1) is 13.1. The Hall–Kier alpha value is 0.130. The van der Waals surface area contributed by atoms with Crippen LogP contribution in [0.5, 0.6) is 0 Å². The summed E-state index contributed by atoms with van der Waals surface area (Å²) in [6.45, 7) is 3.48. The van der Waals surface area contributed by atoms with Crippen LogP contribution in [-0.2, 0) is 10.1 Å². The van der Waals surface area contributed by atoms with Gasteiger partial charge in [0.1, 0.15) is 0 Å². The van der Waals surface area contributed by atoms with E-state index in [0.29, 0.717) is 5.56 Å². The summed E-state index contributed by atoms with van der Waals surface area (Å²) in [4.78, 5) is -0.111. The molecule has 0 heterocycles. The Kier molecular flexibility index (Phi) is 5.17. The fourth-order valence-corrected chi connectivity index (χ4v) is 1.34. The Morgan fingerprint density at radius 1 is 1.38 bits per heavy atom. The van der Waals surface area contributed by atoms with Crippen molar-refractivity contribution >= 4 is 53.9 Å². The Morgan fingerprint density at radius 2 is 2.00 bits per heavy atom. The molecule has 1 aromatic carbocycles. The van der Waals surface area contributed by atoms with Crippen LogP contribution in [0.1, 0.15) is 5.56 Å². The first-order chi connectivity index (χ1) is 5.54. The van der Waals surface area contributed by atoms with E-state index in [0.717, 1.165) is 0 Å². The second kappa shape index (κ2) is 5.12. The molecular weight excluding hydrogens is 216 g/mol. The fourth-order valence-electron chi connectivity index (χ4n) is 0.802. The van der Waals surface area contributed by atoms with Gasteiger partial charge in [-0.05, 0) is 17.7 Å². The molecule has 0 amide bonds. The minimum Gasteiger partial charge on any atom is -0.282 e. The number of hydrogen-bond acceptors (Lipinski definition) is 2. The number of hydrogen-bond donors (Lipinski definition) is 1. The van der Waals surface area contributed by atoms with Gasteiger partial charge in [-0.15, -0.1) is 0 Å². The maximum Gasteiger partial charge on any atom is 0.294 e. The summed E-state index contributed by atoms with van der Waals surface area (Å²) in [7, 11) is -4.08. The molecule has 0 bridgehead atoms. The van der Waals surface area contributed by atoms with Gasteiger partial charge in [0.15, 0.2) is 0 Å². The second-order valence-corrected chi connectivity index (χ2v) is 3.67. The molecule has 0 saturated heterocycles. The largest absolute Gasteiger partial charge is 0.294 e. The van der Waals surface area contributed by atoms with E-state index in [1.807, 2.05) is 0 Å². The third-order valence-electron chi connectivity index (χ3n) is 1.39. The smallest absolute Gasteiger partial charge is 0.282 e. The SMILES string of the molecule is C=Cc1cccc(S(=O)(=O)O)c1.[Ca]. The van der Waals surface area contributed by atoms with Crippen LogP contribution >= 0.6 is 0 Å². The summed E-state index contributed by atoms with van der Waals surface area (Å²) in [6, 6.07) is 5.91. The van der Waals surface area contributed by atoms with E-state index in [1.54, 1.807) is 12.1 Å². The van der Waals surface area contributed by atoms with Gasteiger partial charge in [-0.2, -0.15) is 8.42 Å². The van der Waals surface area contributed by atoms with E-state index in [9.17, 15) is 8.42 Å². The van der Waals surface area contributed by atoms with E-state index < -0.39 is 10.1 Å². The monoisotopic (exact) mass is 224 g/mol. The molecule has 2 radical (unpaired) electrons. The normalized spacial score (nSPS) is 10.2. The van der Waals surface area contributed by atoms with Crippen LogP contribution in [0.2, 0.25) is 0 Å². The molecular formula is C8H8CaO3S. The van der Waals surface area contributed by atoms with Crippen molar-refractivity contribution in [3.05, 3.63) is 36.4 Å². The van der Waals surface area contributed by atoms with Crippen molar-refractivity contribution in [1.29, 1.82) is 0 Å². The third kappa shape index (κ3) is 3.79. The Balaban J connectivity index is 0.00000144. The molecule has 66 valence electrons. The number of benzene rings is 1. The second-order valence-electron chi connectivity index (χ2n) is 2.25. The molecule has 0 unspecified atom stereocenters. The van der Waals surface area contributed by atoms with Crippen molar-refractivity contribution in [2.75, 3.05) is 0 Å². The van der Waals surface area contributed by atoms with Crippen molar-refractivity contribution < 1.29 is 13.0 Å². The molecule has 0 spiro atoms. The Labute approximate surface area is 107 Å². The molecule has 0 fully saturated rings. The fraction of sp³-hybridized carbons (Fsp3) is 0. The maximum absolute atomic E-state index is 10.6. The van der Waals surface area contributed by atoms with Crippen LogP contribution in [-0.4, -0.2) is 50.7 Å². The van der Waals surface area contributed by atoms with Crippen LogP contribution in [0.25, 0.3) is 6.08 Å². The molecule has 1 aromatic rings. The molecule has 0 aromatic heterocycles. The Morgan fingerprint density at radius 3 is 2.46 bits per heavy atom. The van der Waals surface area contributed by atoms with Gasteiger partial charge in [0, 0.05) is 37.7 Å². The topological polar surface area (TPSA) is 54.4 Å². The first-order valence-corrected chi connectivity index (χ1v) is 4.68. The predicted molar refractivity (Wildman–Crippen MR) is 52.1 cm³/mol. The molecule has 0 aliphatic carbocycles. The van der Waals surface area contributed by atoms with Crippen molar-refractivity contribution in [3.8, 4) is 0 Å². The summed E-state index contributed by atoms with van der Waals surface area (Å²) < 4.78 is 29.9. The summed E-state index contributed by atoms with van der Waals surface area (Å²) in [5.41, 5.74) is 0.658. The van der Waals surface area contributed by atoms with Gasteiger partial charge >= 0.3 is 0 Å². The summed E-state index contributed by atoms with van der Waals surface area (Å²) in [5.74, 6) is 0. The minimum absolute atomic E-state index is 0. The van der Waals surface area contributed by atoms with E-state index in [1.165, 1.54) is 18.2 Å². The van der Waals surface area contributed by atoms with E-state index in [4.69, 9.17) is 4.55 Å². The van der Waals surface area contributed by atoms with Gasteiger partial charge in [-0.25, -0.2) is 0 Å². The Bertz CT molecular complexity index is 398. The van der Waals surface area contributed by atoms with Gasteiger partial charge in [-0.1, -0.05) is 24.8 Å². The first-order valence-electron chi connectivity index (χ1n) is 3.24. The summed E-state index contributed by atoms with van der Waals surface area (Å²) in [5, 5.41) is 0. The van der Waals surface area contributed by atoms with E-state index in [-0.39, 0.29) is 42.6 Å². The summed E-state index contributed by atoms with van der Waals surface area (Å²) in [6.07, 6.45) is 1.51. The third-order valence-corrected chi connectivity index (χ3v) is 2.24. The predicted octanol–water partition coefficient (Wildman–Crippen LogP) is 1.20. The van der Waals surface area contributed by atoms with Gasteiger partial charge < -0.3 is 0 Å². The zero-order valence-corrected chi connectivity index (χ0v) is 10.00. The van der Waals surface area contributed by atoms with Crippen LogP contribution < -0.4 is 0 Å². The molecule has 5 heteroatoms. The van der Waals surface area contributed by atoms with Crippen LogP contribution in [0.15, 0.2) is 35.7 Å². The molecule has 0 aliphatic heterocycles. The van der Waals surface area contributed by atoms with Gasteiger partial charge in [0.2, 0.25) is 0 Å². The number of rotatable bonds is 2. The zero-order chi connectivity index (χ0) is 9.19. The van der Waals surface area contributed by atoms with Crippen LogP contribution in [0.4, 0.5) is 0 Å². The maximum atomic E-state index is 10.6. The molecule has 0 saturated carbocycles. The van der Waals surface area contributed by atoms with Crippen molar-refractivity contribution in [2.45, 2.75) is 4.90 Å². The minimum atomic E-state index is -4.08. The van der Waals surface area contributed by atoms with E-state index >= 15 is 0 Å². The quantitative estimate of drug-likeness (QED) is 0.606. The molecule has 3 nitrogen and oxygen atoms in total. The average Bonchev–Trinajstić information content (AvgIpc) is 2.03. The van der Waals surface area contributed by atoms with Gasteiger partial charge in [-0.3, -0.25) is 4.55 Å². The molecule has 13 heavy (non-hydrogen) atoms. The average molecular weight is 224 g/mol. The summed E-state index contributed by atoms with van der Waals surface area (Å²) >= 11 is 0. The zero-order valence-electron chi connectivity index (χ0n) is 6.97. The molecule has 0 atom stereocenters. The van der Waals surface area contributed by atoms with Gasteiger partial charge in [0.25, 0.3) is 10.1 Å². The van der Waals surface area contributed by atoms with E-state index in [2.05, 4.69) is 6.58 Å². The molecule has 1 rings (SSSR count). The van der Waals surface area contributed by atoms with Crippen molar-refractivity contribution in [2.24, 2.45) is 0 Å². The van der Waals surface area contributed by atoms with Crippen LogP contribution in [0.3, 0.4) is 0 Å². The molecule has 1 N–H and O–H groups in total. The van der Waals surface area contributed by atoms with Crippen molar-refractivity contribution in [3.63, 3.8) is 0 Å². The molecule has 0 aliphatic rings. The van der Waals surface area contributed by atoms with Crippen LogP contribution in [0, 0.1) is 0 Å². The standard InChI is InChI=1S/C8H8O3S.Ca/c1-2-7-4-3-5-8(6-7)12(9,10)11;/h2-6H,1H2,(H,9,10,11);. The van der Waals surface area contributed by atoms with Crippen molar-refractivity contribution in [1.82, 2.24) is 0 Å². The van der Waals surface area contributed by atoms with Gasteiger partial charge in [0.05, 0.1) is 4.90 Å².